The number of rotatable bonds is 0. The van der Waals surface area contributed by atoms with Crippen LogP contribution in [0.5, 0.6) is 0 Å². The fourth-order valence-electron chi connectivity index (χ4n) is 0.534. The second-order valence-corrected chi connectivity index (χ2v) is 1.65. The fraction of sp³-hybridized carbons (Fsp3) is 0. The zero-order valence-electron chi connectivity index (χ0n) is 5.09. The normalized spacial score (nSPS) is 7.75. The maximum absolute atomic E-state index is 2.08. The van der Waals surface area contributed by atoms with E-state index >= 15 is 0 Å². The molecule has 0 unspecified atom stereocenters. The van der Waals surface area contributed by atoms with Gasteiger partial charge in [-0.15, -0.1) is 0 Å². The zero-order valence-corrected chi connectivity index (χ0v) is 5.09. The Morgan fingerprint density at radius 2 is 1.50 bits per heavy atom. The Kier molecular flexibility index (Phi) is 3.64. The first kappa shape index (κ1) is 7.78. The predicted molar refractivity (Wildman–Crippen MR) is 36.9 cm³/mol. The van der Waals surface area contributed by atoms with Crippen LogP contribution >= 0.6 is 0 Å². The molecular formula is C6H8LiN. The first-order valence-electron chi connectivity index (χ1n) is 2.41. The molecule has 0 spiro atoms. The Balaban J connectivity index is 0.000000490. The molecule has 2 heteroatoms. The third-order valence-corrected chi connectivity index (χ3v) is 0.940. The first-order chi connectivity index (χ1) is 3.39. The van der Waals surface area contributed by atoms with Crippen molar-refractivity contribution >= 4 is 22.0 Å². The number of hydrogen-bond donors (Lipinski definition) is 1. The van der Waals surface area contributed by atoms with Gasteiger partial charge in [0.15, 0.2) is 0 Å². The van der Waals surface area contributed by atoms with E-state index in [0.29, 0.717) is 0 Å². The van der Waals surface area contributed by atoms with E-state index in [1.54, 1.807) is 0 Å². The van der Waals surface area contributed by atoms with E-state index in [4.69, 9.17) is 0 Å². The van der Waals surface area contributed by atoms with Crippen LogP contribution in [0.1, 0.15) is 0 Å². The second kappa shape index (κ2) is 3.74. The van der Waals surface area contributed by atoms with Gasteiger partial charge in [-0.1, -0.05) is 0 Å². The van der Waals surface area contributed by atoms with Gasteiger partial charge in [0.1, 0.15) is 0 Å². The molecule has 1 aromatic carbocycles. The first-order valence-corrected chi connectivity index (χ1v) is 2.41. The summed E-state index contributed by atoms with van der Waals surface area (Å²) in [5.74, 6) is 0. The molecule has 0 aromatic heterocycles. The van der Waals surface area contributed by atoms with Crippen LogP contribution < -0.4 is 10.4 Å². The second-order valence-electron chi connectivity index (χ2n) is 1.65. The van der Waals surface area contributed by atoms with Gasteiger partial charge in [-0.2, -0.15) is 0 Å². The molecular weight excluding hydrogens is 93.0 g/mol. The van der Waals surface area contributed by atoms with Crippen LogP contribution in [0.3, 0.4) is 0 Å². The van der Waals surface area contributed by atoms with E-state index in [0.717, 1.165) is 0 Å². The molecule has 1 aromatic rings. The molecule has 8 heavy (non-hydrogen) atoms. The fourth-order valence-corrected chi connectivity index (χ4v) is 0.534. The number of benzene rings is 1. The van der Waals surface area contributed by atoms with Crippen molar-refractivity contribution in [2.24, 2.45) is 0 Å². The van der Waals surface area contributed by atoms with Gasteiger partial charge in [-0.3, -0.25) is 0 Å². The molecule has 0 fully saturated rings. The molecule has 3 N–H and O–H groups in total. The molecule has 0 saturated carbocycles. The summed E-state index contributed by atoms with van der Waals surface area (Å²) in [4.78, 5) is 0. The average Bonchev–Trinajstić information content (AvgIpc) is 1.69. The van der Waals surface area contributed by atoms with Crippen LogP contribution in [-0.4, -0.2) is 17.7 Å². The molecule has 1 rings (SSSR count). The maximum atomic E-state index is 2.08. The average molecular weight is 101 g/mol. The monoisotopic (exact) mass is 101 g/mol. The standard InChI is InChI=1S/C6H5.Li.H3N/c1-2-4-6-5-3-1;;/h1-5H;;1H3. The van der Waals surface area contributed by atoms with E-state index in [-0.39, 0.29) is 6.15 Å². The van der Waals surface area contributed by atoms with Crippen molar-refractivity contribution < 1.29 is 0 Å². The van der Waals surface area contributed by atoms with Gasteiger partial charge in [0.05, 0.1) is 0 Å². The minimum absolute atomic E-state index is 0. The summed E-state index contributed by atoms with van der Waals surface area (Å²) in [5.41, 5.74) is 0. The molecule has 0 aliphatic heterocycles. The Morgan fingerprint density at radius 3 is 1.75 bits per heavy atom. The molecule has 0 bridgehead atoms. The topological polar surface area (TPSA) is 35.0 Å². The Labute approximate surface area is 58.9 Å². The van der Waals surface area contributed by atoms with Crippen LogP contribution in [0.4, 0.5) is 0 Å². The van der Waals surface area contributed by atoms with Crippen molar-refractivity contribution in [2.75, 3.05) is 0 Å². The van der Waals surface area contributed by atoms with Crippen LogP contribution in [0.25, 0.3) is 0 Å². The molecule has 38 valence electrons. The summed E-state index contributed by atoms with van der Waals surface area (Å²) in [7, 11) is 0. The van der Waals surface area contributed by atoms with Crippen molar-refractivity contribution in [3.8, 4) is 0 Å². The third kappa shape index (κ3) is 2.18. The van der Waals surface area contributed by atoms with Gasteiger partial charge in [0.25, 0.3) is 0 Å². The van der Waals surface area contributed by atoms with Crippen LogP contribution in [0.2, 0.25) is 0 Å². The number of hydrogen-bond acceptors (Lipinski definition) is 1. The quantitative estimate of drug-likeness (QED) is 0.478. The predicted octanol–water partition coefficient (Wildman–Crippen LogP) is 0.642. The van der Waals surface area contributed by atoms with Crippen molar-refractivity contribution in [1.82, 2.24) is 6.15 Å². The zero-order chi connectivity index (χ0) is 5.11. The summed E-state index contributed by atoms with van der Waals surface area (Å²) in [6, 6.07) is 10.3. The van der Waals surface area contributed by atoms with Crippen molar-refractivity contribution in [3.05, 3.63) is 30.3 Å². The minimum atomic E-state index is 0. The Bertz CT molecular complexity index is 138. The van der Waals surface area contributed by atoms with E-state index in [1.807, 2.05) is 18.2 Å². The van der Waals surface area contributed by atoms with Gasteiger partial charge >= 0.3 is 52.3 Å². The molecule has 0 aliphatic rings. The van der Waals surface area contributed by atoms with Gasteiger partial charge in [-0.25, -0.2) is 0 Å². The summed E-state index contributed by atoms with van der Waals surface area (Å²) in [6.07, 6.45) is 0. The Hall–Kier alpha value is -0.223. The summed E-state index contributed by atoms with van der Waals surface area (Å²) in [6.45, 7) is 0. The van der Waals surface area contributed by atoms with E-state index in [1.165, 1.54) is 4.24 Å². The van der Waals surface area contributed by atoms with E-state index in [2.05, 4.69) is 29.8 Å². The van der Waals surface area contributed by atoms with Gasteiger partial charge < -0.3 is 6.15 Å². The van der Waals surface area contributed by atoms with Gasteiger partial charge in [0, 0.05) is 0 Å². The SMILES string of the molecule is N.[Li][c]1ccccc1. The summed E-state index contributed by atoms with van der Waals surface area (Å²) < 4.78 is 1.32. The molecule has 0 amide bonds. The third-order valence-electron chi connectivity index (χ3n) is 0.940. The summed E-state index contributed by atoms with van der Waals surface area (Å²) >= 11 is 2.08. The van der Waals surface area contributed by atoms with Crippen LogP contribution in [0.15, 0.2) is 30.3 Å². The van der Waals surface area contributed by atoms with Crippen molar-refractivity contribution in [1.29, 1.82) is 0 Å². The molecule has 0 atom stereocenters. The molecule has 0 aliphatic carbocycles. The van der Waals surface area contributed by atoms with Gasteiger partial charge in [0.2, 0.25) is 0 Å². The van der Waals surface area contributed by atoms with E-state index < -0.39 is 0 Å². The van der Waals surface area contributed by atoms with Gasteiger partial charge in [-0.05, 0) is 0 Å². The Morgan fingerprint density at radius 1 is 1.00 bits per heavy atom. The van der Waals surface area contributed by atoms with E-state index in [9.17, 15) is 0 Å². The van der Waals surface area contributed by atoms with Crippen LogP contribution in [-0.2, 0) is 0 Å². The molecule has 1 nitrogen and oxygen atoms in total. The molecule has 0 radical (unpaired) electrons. The molecule has 0 saturated heterocycles. The van der Waals surface area contributed by atoms with Crippen molar-refractivity contribution in [3.63, 3.8) is 0 Å². The molecule has 0 heterocycles. The summed E-state index contributed by atoms with van der Waals surface area (Å²) in [5, 5.41) is 0. The van der Waals surface area contributed by atoms with Crippen LogP contribution in [0, 0.1) is 0 Å². The van der Waals surface area contributed by atoms with Crippen molar-refractivity contribution in [2.45, 2.75) is 0 Å².